The fourth-order valence-corrected chi connectivity index (χ4v) is 4.72. The summed E-state index contributed by atoms with van der Waals surface area (Å²) in [6.07, 6.45) is 2.79. The third kappa shape index (κ3) is 5.47. The summed E-state index contributed by atoms with van der Waals surface area (Å²) >= 11 is 4.19. The number of thiazole rings is 1. The van der Waals surface area contributed by atoms with Crippen LogP contribution in [0.1, 0.15) is 31.4 Å². The van der Waals surface area contributed by atoms with Crippen LogP contribution >= 0.6 is 27.3 Å². The van der Waals surface area contributed by atoms with Gasteiger partial charge in [0.25, 0.3) is 0 Å². The van der Waals surface area contributed by atoms with E-state index >= 15 is 0 Å². The zero-order valence-electron chi connectivity index (χ0n) is 16.6. The lowest BCUT2D eigenvalue weighted by Gasteiger charge is -2.23. The number of benzene rings is 1. The average Bonchev–Trinajstić information content (AvgIpc) is 3.38. The number of nitrogens with one attached hydrogen (secondary N) is 1. The molecule has 164 valence electrons. The van der Waals surface area contributed by atoms with Gasteiger partial charge in [-0.1, -0.05) is 24.2 Å². The number of carboxylic acids is 1. The van der Waals surface area contributed by atoms with E-state index in [1.165, 1.54) is 7.11 Å². The number of rotatable bonds is 6. The van der Waals surface area contributed by atoms with Crippen molar-refractivity contribution in [2.45, 2.75) is 32.1 Å². The van der Waals surface area contributed by atoms with E-state index in [9.17, 15) is 19.2 Å². The molecule has 1 heterocycles. The lowest BCUT2D eigenvalue weighted by Crippen LogP contribution is -2.46. The fourth-order valence-electron chi connectivity index (χ4n) is 3.32. The molecular formula is C20H20BrN3O6S. The molecule has 31 heavy (non-hydrogen) atoms. The smallest absolute Gasteiger partial charge is 0.323 e. The van der Waals surface area contributed by atoms with Crippen molar-refractivity contribution in [1.29, 1.82) is 0 Å². The SMILES string of the molecule is COc1ccc(N(C(=O)C(=O)Nc2nc(CC(=O)O)c(Br)s2)C(=O)C2CCCC2)cc1. The Kier molecular flexibility index (Phi) is 7.39. The van der Waals surface area contributed by atoms with Gasteiger partial charge in [-0.3, -0.25) is 24.5 Å². The van der Waals surface area contributed by atoms with Crippen LogP contribution in [0.4, 0.5) is 10.8 Å². The van der Waals surface area contributed by atoms with E-state index in [4.69, 9.17) is 9.84 Å². The summed E-state index contributed by atoms with van der Waals surface area (Å²) in [6.45, 7) is 0. The number of nitrogens with zero attached hydrogens (tertiary/aromatic N) is 2. The van der Waals surface area contributed by atoms with Crippen molar-refractivity contribution in [3.05, 3.63) is 33.7 Å². The molecule has 2 aromatic rings. The number of aromatic nitrogens is 1. The van der Waals surface area contributed by atoms with Gasteiger partial charge in [0, 0.05) is 5.92 Å². The first kappa shape index (κ1) is 22.9. The lowest BCUT2D eigenvalue weighted by molar-refractivity contribution is -0.138. The number of aliphatic carboxylic acids is 1. The number of carbonyl (C=O) groups is 4. The maximum Gasteiger partial charge on any atom is 0.323 e. The number of carbonyl (C=O) groups excluding carboxylic acids is 3. The lowest BCUT2D eigenvalue weighted by atomic mass is 10.1. The fraction of sp³-hybridized carbons (Fsp3) is 0.350. The van der Waals surface area contributed by atoms with Crippen molar-refractivity contribution in [3.63, 3.8) is 0 Å². The second-order valence-corrected chi connectivity index (χ2v) is 9.24. The summed E-state index contributed by atoms with van der Waals surface area (Å²) in [5, 5.41) is 11.4. The highest BCUT2D eigenvalue weighted by molar-refractivity contribution is 9.11. The quantitative estimate of drug-likeness (QED) is 0.572. The van der Waals surface area contributed by atoms with Gasteiger partial charge >= 0.3 is 17.8 Å². The minimum atomic E-state index is -1.08. The van der Waals surface area contributed by atoms with Crippen LogP contribution in [0.3, 0.4) is 0 Å². The molecular weight excluding hydrogens is 490 g/mol. The van der Waals surface area contributed by atoms with Gasteiger partial charge in [-0.05, 0) is 53.0 Å². The first-order valence-corrected chi connectivity index (χ1v) is 11.1. The molecule has 1 aromatic carbocycles. The second kappa shape index (κ2) is 10.0. The zero-order chi connectivity index (χ0) is 22.5. The average molecular weight is 510 g/mol. The number of hydrogen-bond donors (Lipinski definition) is 2. The van der Waals surface area contributed by atoms with Crippen molar-refractivity contribution < 1.29 is 29.0 Å². The largest absolute Gasteiger partial charge is 0.497 e. The van der Waals surface area contributed by atoms with Crippen LogP contribution < -0.4 is 15.0 Å². The van der Waals surface area contributed by atoms with Gasteiger partial charge in [-0.25, -0.2) is 9.88 Å². The molecule has 0 atom stereocenters. The molecule has 3 rings (SSSR count). The molecule has 1 aliphatic carbocycles. The summed E-state index contributed by atoms with van der Waals surface area (Å²) < 4.78 is 5.55. The summed E-state index contributed by atoms with van der Waals surface area (Å²) in [4.78, 5) is 54.6. The van der Waals surface area contributed by atoms with E-state index in [0.717, 1.165) is 29.1 Å². The highest BCUT2D eigenvalue weighted by atomic mass is 79.9. The molecule has 1 saturated carbocycles. The maximum absolute atomic E-state index is 13.1. The molecule has 0 unspecified atom stereocenters. The third-order valence-corrected chi connectivity index (χ3v) is 6.59. The molecule has 0 bridgehead atoms. The monoisotopic (exact) mass is 509 g/mol. The van der Waals surface area contributed by atoms with E-state index in [0.29, 0.717) is 22.4 Å². The van der Waals surface area contributed by atoms with Crippen molar-refractivity contribution in [2.75, 3.05) is 17.3 Å². The normalized spacial score (nSPS) is 13.6. The molecule has 0 aliphatic heterocycles. The van der Waals surface area contributed by atoms with Crippen LogP contribution in [0.25, 0.3) is 0 Å². The molecule has 0 saturated heterocycles. The van der Waals surface area contributed by atoms with Crippen LogP contribution in [-0.4, -0.2) is 40.9 Å². The van der Waals surface area contributed by atoms with Gasteiger partial charge in [0.05, 0.1) is 28.7 Å². The Morgan fingerprint density at radius 1 is 1.23 bits per heavy atom. The number of carboxylic acid groups (broad SMARTS) is 1. The van der Waals surface area contributed by atoms with Crippen LogP contribution in [0.5, 0.6) is 5.75 Å². The number of hydrogen-bond acceptors (Lipinski definition) is 7. The van der Waals surface area contributed by atoms with Crippen molar-refractivity contribution in [3.8, 4) is 5.75 Å². The molecule has 1 fully saturated rings. The summed E-state index contributed by atoms with van der Waals surface area (Å²) in [6, 6.07) is 6.29. The summed E-state index contributed by atoms with van der Waals surface area (Å²) in [5.41, 5.74) is 0.499. The number of anilines is 2. The molecule has 0 radical (unpaired) electrons. The Hall–Kier alpha value is -2.79. The second-order valence-electron chi connectivity index (χ2n) is 6.92. The van der Waals surface area contributed by atoms with E-state index in [-0.39, 0.29) is 28.9 Å². The van der Waals surface area contributed by atoms with E-state index in [2.05, 4.69) is 26.2 Å². The third-order valence-electron chi connectivity index (χ3n) is 4.84. The van der Waals surface area contributed by atoms with Crippen LogP contribution in [0, 0.1) is 5.92 Å². The first-order valence-electron chi connectivity index (χ1n) is 9.50. The van der Waals surface area contributed by atoms with Crippen molar-refractivity contribution in [2.24, 2.45) is 5.92 Å². The summed E-state index contributed by atoms with van der Waals surface area (Å²) in [7, 11) is 1.50. The van der Waals surface area contributed by atoms with E-state index in [1.54, 1.807) is 24.3 Å². The number of ether oxygens (including phenoxy) is 1. The number of amides is 3. The highest BCUT2D eigenvalue weighted by Gasteiger charge is 2.35. The zero-order valence-corrected chi connectivity index (χ0v) is 19.0. The molecule has 9 nitrogen and oxygen atoms in total. The van der Waals surface area contributed by atoms with Gasteiger partial charge in [-0.15, -0.1) is 0 Å². The molecule has 1 aromatic heterocycles. The minimum Gasteiger partial charge on any atom is -0.497 e. The molecule has 3 amide bonds. The van der Waals surface area contributed by atoms with E-state index < -0.39 is 23.7 Å². The standard InChI is InChI=1S/C20H20BrN3O6S/c1-30-13-8-6-12(7-9-13)24(18(28)11-4-2-3-5-11)19(29)17(27)23-20-22-14(10-15(25)26)16(21)31-20/h6-9,11H,2-5,10H2,1H3,(H,25,26)(H,22,23,27). The molecule has 11 heteroatoms. The predicted octanol–water partition coefficient (Wildman–Crippen LogP) is 3.23. The Bertz CT molecular complexity index is 1000. The van der Waals surface area contributed by atoms with Crippen LogP contribution in [-0.2, 0) is 25.6 Å². The van der Waals surface area contributed by atoms with Gasteiger partial charge in [0.2, 0.25) is 5.91 Å². The number of imide groups is 1. The van der Waals surface area contributed by atoms with Gasteiger partial charge in [0.15, 0.2) is 5.13 Å². The molecule has 0 spiro atoms. The van der Waals surface area contributed by atoms with Crippen LogP contribution in [0.15, 0.2) is 28.1 Å². The maximum atomic E-state index is 13.1. The van der Waals surface area contributed by atoms with Gasteiger partial charge in [0.1, 0.15) is 5.75 Å². The highest BCUT2D eigenvalue weighted by Crippen LogP contribution is 2.31. The topological polar surface area (TPSA) is 126 Å². The van der Waals surface area contributed by atoms with Crippen LogP contribution in [0.2, 0.25) is 0 Å². The summed E-state index contributed by atoms with van der Waals surface area (Å²) in [5.74, 6) is -3.34. The Morgan fingerprint density at radius 2 is 1.87 bits per heavy atom. The Morgan fingerprint density at radius 3 is 2.45 bits per heavy atom. The Balaban J connectivity index is 1.83. The number of methoxy groups -OCH3 is 1. The predicted molar refractivity (Wildman–Crippen MR) is 117 cm³/mol. The first-order chi connectivity index (χ1) is 14.8. The minimum absolute atomic E-state index is 0.0597. The molecule has 2 N–H and O–H groups in total. The van der Waals surface area contributed by atoms with Crippen molar-refractivity contribution >= 4 is 61.8 Å². The van der Waals surface area contributed by atoms with Gasteiger partial charge in [-0.2, -0.15) is 0 Å². The number of halogens is 1. The van der Waals surface area contributed by atoms with Crippen molar-refractivity contribution in [1.82, 2.24) is 4.98 Å². The van der Waals surface area contributed by atoms with Gasteiger partial charge < -0.3 is 9.84 Å². The molecule has 1 aliphatic rings. The van der Waals surface area contributed by atoms with E-state index in [1.807, 2.05) is 0 Å². The Labute approximate surface area is 190 Å².